The van der Waals surface area contributed by atoms with Crippen LogP contribution in [0, 0.1) is 6.92 Å². The Balaban J connectivity index is 1.00. The minimum atomic E-state index is -1.37. The highest BCUT2D eigenvalue weighted by atomic mass is 16.5. The van der Waals surface area contributed by atoms with Crippen LogP contribution in [-0.4, -0.2) is 12.2 Å². The number of fused-ring (bicyclic) bond motifs is 7. The van der Waals surface area contributed by atoms with Gasteiger partial charge in [-0.05, 0) is 138 Å². The average molecular weight is 787 g/mol. The fraction of sp³-hybridized carbons (Fsp3) is 0.0690. The molecule has 2 unspecified atom stereocenters. The zero-order valence-corrected chi connectivity index (χ0v) is 34.0. The molecule has 61 heavy (non-hydrogen) atoms. The number of benzene rings is 10. The maximum absolute atomic E-state index is 12.4. The minimum Gasteiger partial charge on any atom is -0.497 e. The van der Waals surface area contributed by atoms with Crippen LogP contribution >= 0.6 is 0 Å². The standard InChI is InChI=1S/C58H42O3/c1-38-16-17-41-35-47(22-18-40(41)34-38)57(55-15-9-8-14-53(55)54-33-21-39-10-6-7-13-52(39)56(54)57)48-23-19-43-37-51(28-20-42(43)36-48)61-50-31-26-46(27-32-50)58(59,44-11-4-3-5-12-44)45-24-29-49(60-2)30-25-45/h3-37,59H,1-2H3. The van der Waals surface area contributed by atoms with E-state index in [1.165, 1.54) is 60.5 Å². The Labute approximate surface area is 355 Å². The molecular formula is C58H42O3. The highest BCUT2D eigenvalue weighted by Crippen LogP contribution is 2.58. The summed E-state index contributed by atoms with van der Waals surface area (Å²) in [5.41, 5.74) is 9.22. The third-order valence-electron chi connectivity index (χ3n) is 12.8. The van der Waals surface area contributed by atoms with E-state index < -0.39 is 11.0 Å². The molecule has 1 aliphatic rings. The first-order valence-corrected chi connectivity index (χ1v) is 20.8. The SMILES string of the molecule is COc1ccc(C(O)(c2ccccc2)c2ccc(Oc3ccc4cc(C5(c6ccc7cc(C)ccc7c6)c6ccccc6-c6ccc7ccccc7c65)ccc4c3)cc2)cc1. The van der Waals surface area contributed by atoms with E-state index in [1.54, 1.807) is 7.11 Å². The zero-order chi connectivity index (χ0) is 41.1. The summed E-state index contributed by atoms with van der Waals surface area (Å²) >= 11 is 0. The number of hydrogen-bond acceptors (Lipinski definition) is 3. The van der Waals surface area contributed by atoms with Gasteiger partial charge in [-0.3, -0.25) is 0 Å². The predicted molar refractivity (Wildman–Crippen MR) is 249 cm³/mol. The van der Waals surface area contributed by atoms with E-state index in [4.69, 9.17) is 9.47 Å². The summed E-state index contributed by atoms with van der Waals surface area (Å²) in [6, 6.07) is 74.5. The Bertz CT molecular complexity index is 3280. The lowest BCUT2D eigenvalue weighted by Gasteiger charge is -2.35. The first-order valence-electron chi connectivity index (χ1n) is 20.8. The molecule has 3 heteroatoms. The van der Waals surface area contributed by atoms with Crippen LogP contribution in [0.4, 0.5) is 0 Å². The fourth-order valence-corrected chi connectivity index (χ4v) is 9.88. The second kappa shape index (κ2) is 14.4. The van der Waals surface area contributed by atoms with Crippen molar-refractivity contribution in [3.63, 3.8) is 0 Å². The van der Waals surface area contributed by atoms with E-state index in [0.29, 0.717) is 5.75 Å². The van der Waals surface area contributed by atoms with Gasteiger partial charge in [0.05, 0.1) is 12.5 Å². The van der Waals surface area contributed by atoms with Crippen molar-refractivity contribution in [1.29, 1.82) is 0 Å². The van der Waals surface area contributed by atoms with Crippen molar-refractivity contribution in [2.45, 2.75) is 17.9 Å². The molecule has 11 rings (SSSR count). The van der Waals surface area contributed by atoms with Gasteiger partial charge in [0.1, 0.15) is 22.8 Å². The van der Waals surface area contributed by atoms with Crippen LogP contribution in [0.25, 0.3) is 43.4 Å². The Morgan fingerprint density at radius 3 is 1.69 bits per heavy atom. The number of ether oxygens (including phenoxy) is 2. The Morgan fingerprint density at radius 2 is 0.967 bits per heavy atom. The summed E-state index contributed by atoms with van der Waals surface area (Å²) < 4.78 is 11.9. The summed E-state index contributed by atoms with van der Waals surface area (Å²) in [5.74, 6) is 2.15. The van der Waals surface area contributed by atoms with Crippen molar-refractivity contribution in [1.82, 2.24) is 0 Å². The molecule has 3 nitrogen and oxygen atoms in total. The number of hydrogen-bond donors (Lipinski definition) is 1. The van der Waals surface area contributed by atoms with Gasteiger partial charge in [-0.15, -0.1) is 0 Å². The molecule has 292 valence electrons. The Morgan fingerprint density at radius 1 is 0.426 bits per heavy atom. The summed E-state index contributed by atoms with van der Waals surface area (Å²) in [5, 5.41) is 19.6. The lowest BCUT2D eigenvalue weighted by molar-refractivity contribution is 0.125. The minimum absolute atomic E-state index is 0.565. The Kier molecular flexibility index (Phi) is 8.63. The molecule has 0 saturated carbocycles. The monoisotopic (exact) mass is 786 g/mol. The van der Waals surface area contributed by atoms with E-state index in [-0.39, 0.29) is 0 Å². The van der Waals surface area contributed by atoms with Crippen LogP contribution in [0.15, 0.2) is 212 Å². The smallest absolute Gasteiger partial charge is 0.140 e. The Hall–Kier alpha value is -7.46. The molecule has 0 aliphatic heterocycles. The van der Waals surface area contributed by atoms with Crippen LogP contribution in [0.1, 0.15) is 44.5 Å². The molecular weight excluding hydrogens is 745 g/mol. The first kappa shape index (κ1) is 36.6. The van der Waals surface area contributed by atoms with Crippen molar-refractivity contribution in [2.75, 3.05) is 7.11 Å². The van der Waals surface area contributed by atoms with Crippen LogP contribution in [0.3, 0.4) is 0 Å². The van der Waals surface area contributed by atoms with E-state index in [0.717, 1.165) is 39.0 Å². The molecule has 0 aromatic heterocycles. The van der Waals surface area contributed by atoms with Gasteiger partial charge in [0.2, 0.25) is 0 Å². The van der Waals surface area contributed by atoms with Crippen LogP contribution < -0.4 is 9.47 Å². The van der Waals surface area contributed by atoms with Crippen molar-refractivity contribution >= 4 is 32.3 Å². The molecule has 0 spiro atoms. The van der Waals surface area contributed by atoms with Crippen molar-refractivity contribution in [3.05, 3.63) is 257 Å². The van der Waals surface area contributed by atoms with E-state index in [9.17, 15) is 5.11 Å². The van der Waals surface area contributed by atoms with E-state index >= 15 is 0 Å². The number of aryl methyl sites for hydroxylation is 1. The van der Waals surface area contributed by atoms with Crippen molar-refractivity contribution in [3.8, 4) is 28.4 Å². The van der Waals surface area contributed by atoms with Crippen LogP contribution in [0.5, 0.6) is 17.2 Å². The maximum Gasteiger partial charge on any atom is 0.140 e. The second-order valence-corrected chi connectivity index (χ2v) is 16.2. The fourth-order valence-electron chi connectivity index (χ4n) is 9.88. The normalized spacial score (nSPS) is 15.3. The average Bonchev–Trinajstić information content (AvgIpc) is 3.63. The van der Waals surface area contributed by atoms with Gasteiger partial charge in [0, 0.05) is 0 Å². The second-order valence-electron chi connectivity index (χ2n) is 16.2. The lowest BCUT2D eigenvalue weighted by atomic mass is 9.66. The molecule has 0 radical (unpaired) electrons. The molecule has 0 amide bonds. The number of aliphatic hydroxyl groups is 1. The van der Waals surface area contributed by atoms with Gasteiger partial charge < -0.3 is 14.6 Å². The molecule has 10 aromatic rings. The van der Waals surface area contributed by atoms with Gasteiger partial charge >= 0.3 is 0 Å². The van der Waals surface area contributed by atoms with Crippen LogP contribution in [-0.2, 0) is 11.0 Å². The third kappa shape index (κ3) is 5.84. The highest BCUT2D eigenvalue weighted by Gasteiger charge is 2.47. The van der Waals surface area contributed by atoms with Gasteiger partial charge in [-0.1, -0.05) is 169 Å². The topological polar surface area (TPSA) is 38.7 Å². The molecule has 0 heterocycles. The molecule has 1 N–H and O–H groups in total. The maximum atomic E-state index is 12.4. The third-order valence-corrected chi connectivity index (χ3v) is 12.8. The largest absolute Gasteiger partial charge is 0.497 e. The molecule has 10 aromatic carbocycles. The van der Waals surface area contributed by atoms with Crippen molar-refractivity contribution < 1.29 is 14.6 Å². The van der Waals surface area contributed by atoms with Gasteiger partial charge in [-0.2, -0.15) is 0 Å². The summed E-state index contributed by atoms with van der Waals surface area (Å²) in [7, 11) is 1.64. The first-order chi connectivity index (χ1) is 29.9. The highest BCUT2D eigenvalue weighted by molar-refractivity contribution is 6.01. The lowest BCUT2D eigenvalue weighted by Crippen LogP contribution is -2.29. The predicted octanol–water partition coefficient (Wildman–Crippen LogP) is 13.9. The van der Waals surface area contributed by atoms with Crippen molar-refractivity contribution in [2.24, 2.45) is 0 Å². The summed E-state index contributed by atoms with van der Waals surface area (Å²) in [6.07, 6.45) is 0. The molecule has 0 bridgehead atoms. The molecule has 0 fully saturated rings. The van der Waals surface area contributed by atoms with Crippen LogP contribution in [0.2, 0.25) is 0 Å². The quantitative estimate of drug-likeness (QED) is 0.156. The summed E-state index contributed by atoms with van der Waals surface area (Å²) in [6.45, 7) is 2.16. The summed E-state index contributed by atoms with van der Waals surface area (Å²) in [4.78, 5) is 0. The van der Waals surface area contributed by atoms with E-state index in [1.807, 2.05) is 78.9 Å². The van der Waals surface area contributed by atoms with Gasteiger partial charge in [0.15, 0.2) is 0 Å². The molecule has 0 saturated heterocycles. The van der Waals surface area contributed by atoms with Gasteiger partial charge in [-0.25, -0.2) is 0 Å². The van der Waals surface area contributed by atoms with Gasteiger partial charge in [0.25, 0.3) is 0 Å². The number of methoxy groups -OCH3 is 1. The number of rotatable bonds is 8. The zero-order valence-electron chi connectivity index (χ0n) is 34.0. The molecule has 1 aliphatic carbocycles. The van der Waals surface area contributed by atoms with E-state index in [2.05, 4.69) is 140 Å². The molecule has 2 atom stereocenters.